The molecule has 2 aromatic carbocycles. The molecule has 4 heterocycles. The molecule has 0 saturated heterocycles. The normalized spacial score (nSPS) is 13.7. The molecule has 4 heteroatoms. The van der Waals surface area contributed by atoms with Gasteiger partial charge in [0.15, 0.2) is 0 Å². The summed E-state index contributed by atoms with van der Waals surface area (Å²) in [5, 5.41) is 0. The number of benzene rings is 2. The molecule has 4 aliphatic heterocycles. The van der Waals surface area contributed by atoms with Crippen molar-refractivity contribution in [2.45, 2.75) is 0 Å². The lowest BCUT2D eigenvalue weighted by Gasteiger charge is -2.06. The van der Waals surface area contributed by atoms with Crippen molar-refractivity contribution < 1.29 is 18.9 Å². The van der Waals surface area contributed by atoms with E-state index in [4.69, 9.17) is 18.9 Å². The SMILES string of the molecule is C1#CCOc2ccc(cc2)OCC#CCOc2ccc(cc2)OC1. The minimum atomic E-state index is 0.307. The Morgan fingerprint density at radius 1 is 0.417 bits per heavy atom. The Kier molecular flexibility index (Phi) is 5.48. The van der Waals surface area contributed by atoms with Gasteiger partial charge in [-0.3, -0.25) is 0 Å². The fraction of sp³-hybridized carbons (Fsp3) is 0.200. The van der Waals surface area contributed by atoms with Crippen LogP contribution in [0.2, 0.25) is 0 Å². The molecule has 24 heavy (non-hydrogen) atoms. The summed E-state index contributed by atoms with van der Waals surface area (Å²) in [5.41, 5.74) is 0. The quantitative estimate of drug-likeness (QED) is 0.700. The lowest BCUT2D eigenvalue weighted by atomic mass is 10.3. The number of hydrogen-bond acceptors (Lipinski definition) is 4. The van der Waals surface area contributed by atoms with Crippen molar-refractivity contribution in [3.8, 4) is 46.7 Å². The van der Waals surface area contributed by atoms with Crippen LogP contribution in [0.25, 0.3) is 0 Å². The van der Waals surface area contributed by atoms with Crippen molar-refractivity contribution in [2.24, 2.45) is 0 Å². The van der Waals surface area contributed by atoms with Gasteiger partial charge in [0.05, 0.1) is 0 Å². The molecular formula is C20H16O4. The maximum Gasteiger partial charge on any atom is 0.149 e. The highest BCUT2D eigenvalue weighted by molar-refractivity contribution is 5.33. The van der Waals surface area contributed by atoms with Gasteiger partial charge >= 0.3 is 0 Å². The summed E-state index contributed by atoms with van der Waals surface area (Å²) >= 11 is 0. The van der Waals surface area contributed by atoms with E-state index >= 15 is 0 Å². The molecule has 0 radical (unpaired) electrons. The Morgan fingerprint density at radius 2 is 0.625 bits per heavy atom. The van der Waals surface area contributed by atoms with Gasteiger partial charge in [-0.05, 0) is 48.5 Å². The zero-order chi connectivity index (χ0) is 16.5. The van der Waals surface area contributed by atoms with E-state index in [1.54, 1.807) is 0 Å². The minimum Gasteiger partial charge on any atom is -0.481 e. The number of hydrogen-bond donors (Lipinski definition) is 0. The van der Waals surface area contributed by atoms with Crippen molar-refractivity contribution in [2.75, 3.05) is 26.4 Å². The van der Waals surface area contributed by atoms with Gasteiger partial charge in [0.2, 0.25) is 0 Å². The fourth-order valence-electron chi connectivity index (χ4n) is 1.95. The second kappa shape index (κ2) is 8.41. The summed E-state index contributed by atoms with van der Waals surface area (Å²) in [4.78, 5) is 0. The monoisotopic (exact) mass is 320 g/mol. The Hall–Kier alpha value is -3.24. The fourth-order valence-corrected chi connectivity index (χ4v) is 1.95. The molecule has 120 valence electrons. The standard InChI is InChI=1S/C20H16O4/c1-2-14-22-18-9-11-20(12-10-18)24-16-4-3-15-23-19-7-5-17(6-8-19)21-13-1/h5-12H,13-16H2. The van der Waals surface area contributed by atoms with Crippen molar-refractivity contribution in [1.29, 1.82) is 0 Å². The van der Waals surface area contributed by atoms with Gasteiger partial charge in [0.1, 0.15) is 49.4 Å². The average molecular weight is 320 g/mol. The predicted molar refractivity (Wildman–Crippen MR) is 90.4 cm³/mol. The molecule has 6 rings (SSSR count). The van der Waals surface area contributed by atoms with Crippen LogP contribution in [0.5, 0.6) is 23.0 Å². The van der Waals surface area contributed by atoms with Crippen LogP contribution in [0.3, 0.4) is 0 Å². The molecule has 0 amide bonds. The van der Waals surface area contributed by atoms with Crippen LogP contribution in [0.4, 0.5) is 0 Å². The highest BCUT2D eigenvalue weighted by Crippen LogP contribution is 2.18. The molecule has 0 aliphatic carbocycles. The Labute approximate surface area is 141 Å². The topological polar surface area (TPSA) is 36.9 Å². The summed E-state index contributed by atoms with van der Waals surface area (Å²) in [6, 6.07) is 14.7. The summed E-state index contributed by atoms with van der Waals surface area (Å²) < 4.78 is 22.1. The van der Waals surface area contributed by atoms with Crippen LogP contribution in [-0.2, 0) is 0 Å². The van der Waals surface area contributed by atoms with Crippen molar-refractivity contribution in [3.63, 3.8) is 0 Å². The van der Waals surface area contributed by atoms with Gasteiger partial charge in [0, 0.05) is 0 Å². The van der Waals surface area contributed by atoms with Gasteiger partial charge in [-0.1, -0.05) is 23.7 Å². The van der Waals surface area contributed by atoms with Crippen LogP contribution >= 0.6 is 0 Å². The summed E-state index contributed by atoms with van der Waals surface area (Å²) in [5.74, 6) is 14.6. The highest BCUT2D eigenvalue weighted by atomic mass is 16.5. The van der Waals surface area contributed by atoms with E-state index in [0.29, 0.717) is 26.4 Å². The van der Waals surface area contributed by atoms with Crippen LogP contribution in [0.15, 0.2) is 48.5 Å². The Morgan fingerprint density at radius 3 is 0.833 bits per heavy atom. The summed E-state index contributed by atoms with van der Waals surface area (Å²) in [7, 11) is 0. The third-order valence-electron chi connectivity index (χ3n) is 3.14. The molecule has 0 N–H and O–H groups in total. The van der Waals surface area contributed by atoms with Crippen molar-refractivity contribution >= 4 is 0 Å². The largest absolute Gasteiger partial charge is 0.481 e. The van der Waals surface area contributed by atoms with Crippen LogP contribution in [-0.4, -0.2) is 26.4 Å². The van der Waals surface area contributed by atoms with E-state index in [0.717, 1.165) is 23.0 Å². The van der Waals surface area contributed by atoms with Gasteiger partial charge in [-0.2, -0.15) is 0 Å². The average Bonchev–Trinajstić information content (AvgIpc) is 2.62. The van der Waals surface area contributed by atoms with Crippen LogP contribution < -0.4 is 18.9 Å². The zero-order valence-corrected chi connectivity index (χ0v) is 13.1. The molecule has 0 spiro atoms. The van der Waals surface area contributed by atoms with Gasteiger partial charge in [-0.15, -0.1) is 0 Å². The van der Waals surface area contributed by atoms with E-state index in [1.165, 1.54) is 0 Å². The third-order valence-corrected chi connectivity index (χ3v) is 3.14. The Balaban J connectivity index is 1.68. The Bertz CT molecular complexity index is 639. The molecule has 0 atom stereocenters. The van der Waals surface area contributed by atoms with E-state index in [-0.39, 0.29) is 0 Å². The zero-order valence-electron chi connectivity index (χ0n) is 13.1. The summed E-state index contributed by atoms with van der Waals surface area (Å²) in [6.07, 6.45) is 0. The highest BCUT2D eigenvalue weighted by Gasteiger charge is 1.96. The van der Waals surface area contributed by atoms with Crippen molar-refractivity contribution in [1.82, 2.24) is 0 Å². The molecule has 4 aliphatic rings. The van der Waals surface area contributed by atoms with Crippen LogP contribution in [0, 0.1) is 23.7 Å². The lowest BCUT2D eigenvalue weighted by Crippen LogP contribution is -1.99. The smallest absolute Gasteiger partial charge is 0.149 e. The van der Waals surface area contributed by atoms with Gasteiger partial charge in [-0.25, -0.2) is 0 Å². The van der Waals surface area contributed by atoms with Crippen molar-refractivity contribution in [3.05, 3.63) is 48.5 Å². The molecule has 4 nitrogen and oxygen atoms in total. The molecule has 0 saturated carbocycles. The molecular weight excluding hydrogens is 304 g/mol. The number of rotatable bonds is 0. The van der Waals surface area contributed by atoms with Gasteiger partial charge in [0.25, 0.3) is 0 Å². The molecule has 0 unspecified atom stereocenters. The number of ether oxygens (including phenoxy) is 4. The van der Waals surface area contributed by atoms with E-state index in [9.17, 15) is 0 Å². The summed E-state index contributed by atoms with van der Waals surface area (Å²) in [6.45, 7) is 1.23. The minimum absolute atomic E-state index is 0.307. The molecule has 0 aromatic heterocycles. The second-order valence-electron chi connectivity index (χ2n) is 4.80. The molecule has 0 fully saturated rings. The lowest BCUT2D eigenvalue weighted by molar-refractivity contribution is 0.352. The second-order valence-corrected chi connectivity index (χ2v) is 4.80. The predicted octanol–water partition coefficient (Wildman–Crippen LogP) is 2.92. The first-order chi connectivity index (χ1) is 11.9. The third kappa shape index (κ3) is 4.90. The van der Waals surface area contributed by atoms with E-state index < -0.39 is 0 Å². The first-order valence-corrected chi connectivity index (χ1v) is 7.53. The maximum absolute atomic E-state index is 5.53. The van der Waals surface area contributed by atoms with Crippen LogP contribution in [0.1, 0.15) is 0 Å². The first-order valence-electron chi connectivity index (χ1n) is 7.53. The molecule has 2 aromatic rings. The van der Waals surface area contributed by atoms with E-state index in [1.807, 2.05) is 48.5 Å². The van der Waals surface area contributed by atoms with E-state index in [2.05, 4.69) is 23.7 Å². The van der Waals surface area contributed by atoms with Gasteiger partial charge < -0.3 is 18.9 Å². The maximum atomic E-state index is 5.53. The first kappa shape index (κ1) is 15.6. The molecule has 4 bridgehead atoms.